The van der Waals surface area contributed by atoms with E-state index < -0.39 is 0 Å². The highest BCUT2D eigenvalue weighted by molar-refractivity contribution is 5.78. The zero-order chi connectivity index (χ0) is 13.2. The SMILES string of the molecule is CCCNC(CC1CC1)c1cc2cccc(F)c2o1. The molecule has 1 heterocycles. The molecule has 1 aromatic carbocycles. The molecule has 0 amide bonds. The number of para-hydroxylation sites is 1. The lowest BCUT2D eigenvalue weighted by Crippen LogP contribution is -2.22. The van der Waals surface area contributed by atoms with Gasteiger partial charge >= 0.3 is 0 Å². The zero-order valence-electron chi connectivity index (χ0n) is 11.3. The van der Waals surface area contributed by atoms with Crippen LogP contribution in [0.4, 0.5) is 4.39 Å². The smallest absolute Gasteiger partial charge is 0.169 e. The Morgan fingerprint density at radius 1 is 1.42 bits per heavy atom. The molecule has 0 aliphatic heterocycles. The van der Waals surface area contributed by atoms with Gasteiger partial charge in [-0.05, 0) is 37.4 Å². The summed E-state index contributed by atoms with van der Waals surface area (Å²) in [5.74, 6) is 1.41. The summed E-state index contributed by atoms with van der Waals surface area (Å²) in [5, 5.41) is 4.38. The third-order valence-corrected chi connectivity index (χ3v) is 3.77. The Kier molecular flexibility index (Phi) is 3.56. The lowest BCUT2D eigenvalue weighted by Gasteiger charge is -2.15. The largest absolute Gasteiger partial charge is 0.456 e. The molecular weight excluding hydrogens is 241 g/mol. The number of benzene rings is 1. The van der Waals surface area contributed by atoms with Gasteiger partial charge in [-0.2, -0.15) is 0 Å². The molecule has 1 saturated carbocycles. The molecule has 1 aliphatic carbocycles. The molecule has 1 fully saturated rings. The predicted molar refractivity (Wildman–Crippen MR) is 74.5 cm³/mol. The number of rotatable bonds is 6. The van der Waals surface area contributed by atoms with Crippen molar-refractivity contribution in [3.8, 4) is 0 Å². The summed E-state index contributed by atoms with van der Waals surface area (Å²) in [6.07, 6.45) is 4.83. The monoisotopic (exact) mass is 261 g/mol. The van der Waals surface area contributed by atoms with E-state index in [1.165, 1.54) is 18.9 Å². The van der Waals surface area contributed by atoms with Gasteiger partial charge < -0.3 is 9.73 Å². The minimum Gasteiger partial charge on any atom is -0.456 e. The molecule has 1 N–H and O–H groups in total. The fourth-order valence-electron chi connectivity index (χ4n) is 2.52. The van der Waals surface area contributed by atoms with Crippen LogP contribution < -0.4 is 5.32 Å². The molecule has 1 aromatic heterocycles. The Morgan fingerprint density at radius 3 is 2.95 bits per heavy atom. The first-order chi connectivity index (χ1) is 9.28. The minimum atomic E-state index is -0.274. The number of nitrogens with one attached hydrogen (secondary N) is 1. The highest BCUT2D eigenvalue weighted by Crippen LogP contribution is 2.38. The van der Waals surface area contributed by atoms with Crippen molar-refractivity contribution in [2.75, 3.05) is 6.54 Å². The van der Waals surface area contributed by atoms with Gasteiger partial charge in [0.1, 0.15) is 5.76 Å². The van der Waals surface area contributed by atoms with Crippen molar-refractivity contribution in [1.29, 1.82) is 0 Å². The summed E-state index contributed by atoms with van der Waals surface area (Å²) in [7, 11) is 0. The summed E-state index contributed by atoms with van der Waals surface area (Å²) < 4.78 is 19.4. The second kappa shape index (κ2) is 5.33. The molecule has 1 aliphatic rings. The molecule has 0 spiro atoms. The van der Waals surface area contributed by atoms with E-state index in [1.807, 2.05) is 12.1 Å². The normalized spacial score (nSPS) is 16.9. The van der Waals surface area contributed by atoms with Crippen molar-refractivity contribution in [3.05, 3.63) is 35.8 Å². The standard InChI is InChI=1S/C16H20FNO/c1-2-8-18-14(9-11-6-7-11)15-10-12-4-3-5-13(17)16(12)19-15/h3-5,10-11,14,18H,2,6-9H2,1H3. The van der Waals surface area contributed by atoms with Crippen LogP contribution in [-0.4, -0.2) is 6.54 Å². The third-order valence-electron chi connectivity index (χ3n) is 3.77. The van der Waals surface area contributed by atoms with Crippen LogP contribution in [0, 0.1) is 11.7 Å². The third kappa shape index (κ3) is 2.81. The van der Waals surface area contributed by atoms with E-state index in [2.05, 4.69) is 12.2 Å². The first-order valence-electron chi connectivity index (χ1n) is 7.19. The van der Waals surface area contributed by atoms with Crippen LogP contribution in [0.2, 0.25) is 0 Å². The number of halogens is 1. The van der Waals surface area contributed by atoms with E-state index in [0.717, 1.165) is 36.5 Å². The zero-order valence-corrected chi connectivity index (χ0v) is 11.3. The summed E-state index contributed by atoms with van der Waals surface area (Å²) in [4.78, 5) is 0. The molecule has 0 bridgehead atoms. The summed E-state index contributed by atoms with van der Waals surface area (Å²) in [5.41, 5.74) is 0.386. The molecule has 0 radical (unpaired) electrons. The fraction of sp³-hybridized carbons (Fsp3) is 0.500. The van der Waals surface area contributed by atoms with E-state index in [0.29, 0.717) is 5.58 Å². The second-order valence-corrected chi connectivity index (χ2v) is 5.49. The number of fused-ring (bicyclic) bond motifs is 1. The van der Waals surface area contributed by atoms with Gasteiger partial charge in [0.05, 0.1) is 6.04 Å². The molecule has 0 saturated heterocycles. The summed E-state index contributed by atoms with van der Waals surface area (Å²) >= 11 is 0. The Balaban J connectivity index is 1.87. The molecule has 3 rings (SSSR count). The van der Waals surface area contributed by atoms with Gasteiger partial charge in [-0.1, -0.05) is 31.9 Å². The minimum absolute atomic E-state index is 0.222. The lowest BCUT2D eigenvalue weighted by atomic mass is 10.1. The van der Waals surface area contributed by atoms with E-state index in [-0.39, 0.29) is 11.9 Å². The number of hydrogen-bond donors (Lipinski definition) is 1. The van der Waals surface area contributed by atoms with Crippen LogP contribution in [0.15, 0.2) is 28.7 Å². The van der Waals surface area contributed by atoms with Crippen LogP contribution in [0.5, 0.6) is 0 Å². The Hall–Kier alpha value is -1.35. The predicted octanol–water partition coefficient (Wildman–Crippen LogP) is 4.41. The topological polar surface area (TPSA) is 25.2 Å². The average Bonchev–Trinajstić information content (AvgIpc) is 3.11. The highest BCUT2D eigenvalue weighted by Gasteiger charge is 2.27. The van der Waals surface area contributed by atoms with E-state index in [1.54, 1.807) is 6.07 Å². The van der Waals surface area contributed by atoms with Gasteiger partial charge in [0.2, 0.25) is 0 Å². The maximum Gasteiger partial charge on any atom is 0.169 e. The second-order valence-electron chi connectivity index (χ2n) is 5.49. The first kappa shape index (κ1) is 12.7. The summed E-state index contributed by atoms with van der Waals surface area (Å²) in [6.45, 7) is 3.12. The highest BCUT2D eigenvalue weighted by atomic mass is 19.1. The van der Waals surface area contributed by atoms with Crippen molar-refractivity contribution in [2.24, 2.45) is 5.92 Å². The van der Waals surface area contributed by atoms with Crippen LogP contribution in [0.3, 0.4) is 0 Å². The first-order valence-corrected chi connectivity index (χ1v) is 7.19. The average molecular weight is 261 g/mol. The number of furan rings is 1. The molecule has 2 nitrogen and oxygen atoms in total. The quantitative estimate of drug-likeness (QED) is 0.833. The maximum atomic E-state index is 13.7. The van der Waals surface area contributed by atoms with Gasteiger partial charge in [-0.15, -0.1) is 0 Å². The maximum absolute atomic E-state index is 13.7. The van der Waals surface area contributed by atoms with Crippen molar-refractivity contribution < 1.29 is 8.81 Å². The molecule has 2 aromatic rings. The van der Waals surface area contributed by atoms with Gasteiger partial charge in [-0.25, -0.2) is 4.39 Å². The van der Waals surface area contributed by atoms with Gasteiger partial charge in [0.15, 0.2) is 11.4 Å². The molecular formula is C16H20FNO. The molecule has 102 valence electrons. The van der Waals surface area contributed by atoms with Gasteiger partial charge in [0, 0.05) is 5.39 Å². The molecule has 1 unspecified atom stereocenters. The van der Waals surface area contributed by atoms with Gasteiger partial charge in [0.25, 0.3) is 0 Å². The van der Waals surface area contributed by atoms with E-state index in [9.17, 15) is 4.39 Å². The van der Waals surface area contributed by atoms with E-state index in [4.69, 9.17) is 4.42 Å². The Morgan fingerprint density at radius 2 is 2.26 bits per heavy atom. The van der Waals surface area contributed by atoms with Crippen molar-refractivity contribution >= 4 is 11.0 Å². The fourth-order valence-corrected chi connectivity index (χ4v) is 2.52. The lowest BCUT2D eigenvalue weighted by molar-refractivity contribution is 0.392. The van der Waals surface area contributed by atoms with Crippen LogP contribution in [0.25, 0.3) is 11.0 Å². The Labute approximate surface area is 113 Å². The molecule has 3 heteroatoms. The van der Waals surface area contributed by atoms with Gasteiger partial charge in [-0.3, -0.25) is 0 Å². The number of hydrogen-bond acceptors (Lipinski definition) is 2. The van der Waals surface area contributed by atoms with Crippen molar-refractivity contribution in [2.45, 2.75) is 38.6 Å². The molecule has 1 atom stereocenters. The van der Waals surface area contributed by atoms with Crippen LogP contribution >= 0.6 is 0 Å². The van der Waals surface area contributed by atoms with Crippen LogP contribution in [0.1, 0.15) is 44.4 Å². The van der Waals surface area contributed by atoms with Crippen molar-refractivity contribution in [1.82, 2.24) is 5.32 Å². The Bertz CT molecular complexity index is 559. The van der Waals surface area contributed by atoms with Crippen molar-refractivity contribution in [3.63, 3.8) is 0 Å². The molecule has 19 heavy (non-hydrogen) atoms. The van der Waals surface area contributed by atoms with Crippen LogP contribution in [-0.2, 0) is 0 Å². The van der Waals surface area contributed by atoms with E-state index >= 15 is 0 Å². The summed E-state index contributed by atoms with van der Waals surface area (Å²) in [6, 6.07) is 7.28.